The van der Waals surface area contributed by atoms with E-state index in [2.05, 4.69) is 33.8 Å². The van der Waals surface area contributed by atoms with Crippen molar-refractivity contribution in [2.75, 3.05) is 6.61 Å². The van der Waals surface area contributed by atoms with E-state index in [9.17, 15) is 0 Å². The number of para-hydroxylation sites is 1. The molecule has 0 saturated heterocycles. The van der Waals surface area contributed by atoms with Crippen molar-refractivity contribution in [1.29, 1.82) is 0 Å². The molecule has 108 valence electrons. The van der Waals surface area contributed by atoms with Crippen molar-refractivity contribution >= 4 is 0 Å². The van der Waals surface area contributed by atoms with Crippen LogP contribution in [0.25, 0.3) is 0 Å². The molecule has 0 aliphatic carbocycles. The molecule has 1 aromatic carbocycles. The minimum atomic E-state index is 0.0556. The Morgan fingerprint density at radius 3 is 2.42 bits per heavy atom. The molecule has 0 aliphatic heterocycles. The highest BCUT2D eigenvalue weighted by molar-refractivity contribution is 5.35. The molecule has 1 aromatic rings. The molecular weight excluding hydrogens is 234 g/mol. The van der Waals surface area contributed by atoms with Gasteiger partial charge < -0.3 is 10.5 Å². The van der Waals surface area contributed by atoms with Crippen LogP contribution in [-0.4, -0.2) is 6.61 Å². The van der Waals surface area contributed by atoms with Crippen LogP contribution in [0.2, 0.25) is 0 Å². The van der Waals surface area contributed by atoms with E-state index in [-0.39, 0.29) is 6.04 Å². The Kier molecular flexibility index (Phi) is 5.86. The lowest BCUT2D eigenvalue weighted by Crippen LogP contribution is -2.18. The first kappa shape index (κ1) is 16.0. The molecule has 0 aromatic heterocycles. The van der Waals surface area contributed by atoms with E-state index < -0.39 is 0 Å². The monoisotopic (exact) mass is 263 g/mol. The summed E-state index contributed by atoms with van der Waals surface area (Å²) in [5.41, 5.74) is 7.86. The average molecular weight is 263 g/mol. The SMILES string of the molecule is CCOc1ccccc1C(N)CC(C)CC(C)(C)C. The van der Waals surface area contributed by atoms with Gasteiger partial charge in [-0.3, -0.25) is 0 Å². The molecule has 1 rings (SSSR count). The lowest BCUT2D eigenvalue weighted by molar-refractivity contribution is 0.283. The third-order valence-electron chi connectivity index (χ3n) is 3.24. The van der Waals surface area contributed by atoms with Gasteiger partial charge >= 0.3 is 0 Å². The third kappa shape index (κ3) is 5.65. The van der Waals surface area contributed by atoms with Crippen molar-refractivity contribution in [3.8, 4) is 5.75 Å². The van der Waals surface area contributed by atoms with Crippen molar-refractivity contribution < 1.29 is 4.74 Å². The van der Waals surface area contributed by atoms with Crippen molar-refractivity contribution in [2.24, 2.45) is 17.1 Å². The second-order valence-electron chi connectivity index (χ2n) is 6.68. The molecule has 0 saturated carbocycles. The van der Waals surface area contributed by atoms with Crippen LogP contribution < -0.4 is 10.5 Å². The zero-order valence-electron chi connectivity index (χ0n) is 13.1. The minimum absolute atomic E-state index is 0.0556. The minimum Gasteiger partial charge on any atom is -0.494 e. The molecule has 0 heterocycles. The molecule has 0 spiro atoms. The summed E-state index contributed by atoms with van der Waals surface area (Å²) in [6, 6.07) is 8.18. The van der Waals surface area contributed by atoms with E-state index in [0.29, 0.717) is 17.9 Å². The van der Waals surface area contributed by atoms with Crippen LogP contribution in [0.1, 0.15) is 59.1 Å². The summed E-state index contributed by atoms with van der Waals surface area (Å²) >= 11 is 0. The third-order valence-corrected chi connectivity index (χ3v) is 3.24. The number of rotatable bonds is 6. The van der Waals surface area contributed by atoms with Crippen molar-refractivity contribution in [1.82, 2.24) is 0 Å². The number of ether oxygens (including phenoxy) is 1. The second-order valence-corrected chi connectivity index (χ2v) is 6.68. The summed E-state index contributed by atoms with van der Waals surface area (Å²) in [5, 5.41) is 0. The summed E-state index contributed by atoms with van der Waals surface area (Å²) in [6.07, 6.45) is 2.19. The van der Waals surface area contributed by atoms with Gasteiger partial charge in [0.1, 0.15) is 5.75 Å². The Labute approximate surface area is 118 Å². The molecule has 2 nitrogen and oxygen atoms in total. The topological polar surface area (TPSA) is 35.2 Å². The van der Waals surface area contributed by atoms with Gasteiger partial charge in [0.15, 0.2) is 0 Å². The number of benzene rings is 1. The van der Waals surface area contributed by atoms with Gasteiger partial charge in [-0.05, 0) is 37.2 Å². The van der Waals surface area contributed by atoms with Crippen molar-refractivity contribution in [3.63, 3.8) is 0 Å². The highest BCUT2D eigenvalue weighted by atomic mass is 16.5. The summed E-state index contributed by atoms with van der Waals surface area (Å²) in [5.74, 6) is 1.55. The summed E-state index contributed by atoms with van der Waals surface area (Å²) in [6.45, 7) is 11.8. The van der Waals surface area contributed by atoms with Gasteiger partial charge in [-0.15, -0.1) is 0 Å². The van der Waals surface area contributed by atoms with Crippen LogP contribution in [0, 0.1) is 11.3 Å². The first-order valence-electron chi connectivity index (χ1n) is 7.30. The molecular formula is C17H29NO. The number of hydrogen-bond acceptors (Lipinski definition) is 2. The van der Waals surface area contributed by atoms with Crippen LogP contribution in [0.5, 0.6) is 5.75 Å². The van der Waals surface area contributed by atoms with E-state index in [1.165, 1.54) is 6.42 Å². The Hall–Kier alpha value is -1.02. The van der Waals surface area contributed by atoms with Crippen LogP contribution in [-0.2, 0) is 0 Å². The standard InChI is InChI=1S/C17H29NO/c1-6-19-16-10-8-7-9-14(16)15(18)11-13(2)12-17(3,4)5/h7-10,13,15H,6,11-12,18H2,1-5H3. The maximum absolute atomic E-state index is 6.37. The van der Waals surface area contributed by atoms with E-state index >= 15 is 0 Å². The van der Waals surface area contributed by atoms with Gasteiger partial charge in [0.25, 0.3) is 0 Å². The highest BCUT2D eigenvalue weighted by Crippen LogP contribution is 2.32. The first-order valence-corrected chi connectivity index (χ1v) is 7.30. The van der Waals surface area contributed by atoms with Crippen LogP contribution in [0.4, 0.5) is 0 Å². The average Bonchev–Trinajstić information content (AvgIpc) is 2.27. The molecule has 0 radical (unpaired) electrons. The molecule has 2 heteroatoms. The van der Waals surface area contributed by atoms with Crippen LogP contribution in [0.3, 0.4) is 0 Å². The molecule has 0 bridgehead atoms. The van der Waals surface area contributed by atoms with E-state index in [1.54, 1.807) is 0 Å². The quantitative estimate of drug-likeness (QED) is 0.817. The van der Waals surface area contributed by atoms with E-state index in [1.807, 2.05) is 25.1 Å². The molecule has 19 heavy (non-hydrogen) atoms. The normalized spacial score (nSPS) is 15.1. The van der Waals surface area contributed by atoms with Gasteiger partial charge in [-0.1, -0.05) is 45.9 Å². The maximum atomic E-state index is 6.37. The molecule has 0 amide bonds. The lowest BCUT2D eigenvalue weighted by Gasteiger charge is -2.26. The van der Waals surface area contributed by atoms with Crippen LogP contribution >= 0.6 is 0 Å². The molecule has 2 unspecified atom stereocenters. The first-order chi connectivity index (χ1) is 8.83. The van der Waals surface area contributed by atoms with Gasteiger partial charge in [0.05, 0.1) is 6.61 Å². The van der Waals surface area contributed by atoms with Gasteiger partial charge in [0.2, 0.25) is 0 Å². The summed E-state index contributed by atoms with van der Waals surface area (Å²) in [7, 11) is 0. The van der Waals surface area contributed by atoms with E-state index in [0.717, 1.165) is 17.7 Å². The lowest BCUT2D eigenvalue weighted by atomic mass is 9.82. The number of hydrogen-bond donors (Lipinski definition) is 1. The van der Waals surface area contributed by atoms with E-state index in [4.69, 9.17) is 10.5 Å². The summed E-state index contributed by atoms with van der Waals surface area (Å²) in [4.78, 5) is 0. The molecule has 0 aliphatic rings. The van der Waals surface area contributed by atoms with Gasteiger partial charge in [0, 0.05) is 11.6 Å². The highest BCUT2D eigenvalue weighted by Gasteiger charge is 2.19. The predicted octanol–water partition coefficient (Wildman–Crippen LogP) is 4.55. The van der Waals surface area contributed by atoms with Gasteiger partial charge in [-0.2, -0.15) is 0 Å². The molecule has 2 N–H and O–H groups in total. The Balaban J connectivity index is 2.69. The Morgan fingerprint density at radius 1 is 1.21 bits per heavy atom. The van der Waals surface area contributed by atoms with Crippen molar-refractivity contribution in [2.45, 2.75) is 53.5 Å². The van der Waals surface area contributed by atoms with Crippen molar-refractivity contribution in [3.05, 3.63) is 29.8 Å². The Bertz CT molecular complexity index is 381. The fourth-order valence-electron chi connectivity index (χ4n) is 2.76. The van der Waals surface area contributed by atoms with Gasteiger partial charge in [-0.25, -0.2) is 0 Å². The fourth-order valence-corrected chi connectivity index (χ4v) is 2.76. The predicted molar refractivity (Wildman–Crippen MR) is 82.4 cm³/mol. The summed E-state index contributed by atoms with van der Waals surface area (Å²) < 4.78 is 5.66. The smallest absolute Gasteiger partial charge is 0.124 e. The molecule has 2 atom stereocenters. The largest absolute Gasteiger partial charge is 0.494 e. The maximum Gasteiger partial charge on any atom is 0.124 e. The number of nitrogens with two attached hydrogens (primary N) is 1. The zero-order chi connectivity index (χ0) is 14.5. The second kappa shape index (κ2) is 6.95. The Morgan fingerprint density at radius 2 is 1.84 bits per heavy atom. The zero-order valence-corrected chi connectivity index (χ0v) is 13.1. The fraction of sp³-hybridized carbons (Fsp3) is 0.647. The van der Waals surface area contributed by atoms with Crippen LogP contribution in [0.15, 0.2) is 24.3 Å². The molecule has 0 fully saturated rings.